The fourth-order valence-corrected chi connectivity index (χ4v) is 2.89. The van der Waals surface area contributed by atoms with Crippen molar-refractivity contribution in [2.45, 2.75) is 26.4 Å². The highest BCUT2D eigenvalue weighted by Gasteiger charge is 2.14. The molecule has 4 N–H and O–H groups in total. The van der Waals surface area contributed by atoms with E-state index in [4.69, 9.17) is 27.5 Å². The summed E-state index contributed by atoms with van der Waals surface area (Å²) in [6, 6.07) is 4.39. The van der Waals surface area contributed by atoms with E-state index in [1.165, 1.54) is 4.57 Å². The average Bonchev–Trinajstić information content (AvgIpc) is 2.75. The Bertz CT molecular complexity index is 768. The molecule has 1 atom stereocenters. The van der Waals surface area contributed by atoms with Crippen molar-refractivity contribution in [2.75, 3.05) is 0 Å². The van der Waals surface area contributed by atoms with E-state index in [2.05, 4.69) is 0 Å². The first-order valence-electron chi connectivity index (χ1n) is 6.63. The molecule has 1 aromatic heterocycles. The molecule has 1 heterocycles. The molecule has 0 spiro atoms. The van der Waals surface area contributed by atoms with Gasteiger partial charge >= 0.3 is 16.8 Å². The molecule has 0 fully saturated rings. The zero-order valence-electron chi connectivity index (χ0n) is 12.5. The van der Waals surface area contributed by atoms with Gasteiger partial charge in [-0.05, 0) is 18.1 Å². The van der Waals surface area contributed by atoms with Crippen LogP contribution in [0.1, 0.15) is 13.8 Å². The molecule has 0 radical (unpaired) electrons. The lowest BCUT2D eigenvalue weighted by molar-refractivity contribution is -0.139. The number of carboxylic acids is 2. The Balaban J connectivity index is 0.000000284. The van der Waals surface area contributed by atoms with E-state index in [1.807, 2.05) is 0 Å². The quantitative estimate of drug-likeness (QED) is 0.764. The molecule has 7 nitrogen and oxygen atoms in total. The minimum atomic E-state index is -1.06. The van der Waals surface area contributed by atoms with Crippen molar-refractivity contribution in [3.05, 3.63) is 32.9 Å². The number of hydrogen-bond donors (Lipinski definition) is 3. The van der Waals surface area contributed by atoms with Gasteiger partial charge < -0.3 is 15.9 Å². The van der Waals surface area contributed by atoms with Crippen molar-refractivity contribution in [2.24, 2.45) is 11.7 Å². The molecule has 0 aliphatic rings. The maximum atomic E-state index is 11.5. The second kappa shape index (κ2) is 8.09. The number of nitrogens with two attached hydrogens (primary N) is 1. The third-order valence-corrected chi connectivity index (χ3v) is 4.18. The molecule has 0 unspecified atom stereocenters. The predicted octanol–water partition coefficient (Wildman–Crippen LogP) is 1.86. The van der Waals surface area contributed by atoms with Crippen molar-refractivity contribution >= 4 is 45.1 Å². The summed E-state index contributed by atoms with van der Waals surface area (Å²) < 4.78 is 1.87. The van der Waals surface area contributed by atoms with Crippen molar-refractivity contribution in [3.63, 3.8) is 0 Å². The largest absolute Gasteiger partial charge is 0.480 e. The first-order valence-corrected chi connectivity index (χ1v) is 7.82. The van der Waals surface area contributed by atoms with Crippen LogP contribution >= 0.6 is 22.9 Å². The van der Waals surface area contributed by atoms with Gasteiger partial charge in [0.1, 0.15) is 12.6 Å². The molecular weight excluding hydrogens is 344 g/mol. The second-order valence-corrected chi connectivity index (χ2v) is 6.44. The minimum absolute atomic E-state index is 0.0208. The van der Waals surface area contributed by atoms with E-state index in [1.54, 1.807) is 32.0 Å². The number of benzene rings is 1. The Kier molecular flexibility index (Phi) is 6.74. The standard InChI is InChI=1S/C9H6ClNO3S.C5H11NO2/c10-5-2-1-3-6-8(5)11(4-7(12)13)9(14)15-6;1-3(2)4(6)5(7)8/h1-3H,4H2,(H,12,13);3-4H,6H2,1-2H3,(H,7,8)/t;4-/m.0/s1. The molecule has 0 aliphatic heterocycles. The number of aromatic nitrogens is 1. The summed E-state index contributed by atoms with van der Waals surface area (Å²) in [5, 5.41) is 17.3. The molecule has 0 saturated carbocycles. The Morgan fingerprint density at radius 3 is 2.39 bits per heavy atom. The molecule has 0 aliphatic carbocycles. The molecular formula is C14H17ClN2O5S. The maximum absolute atomic E-state index is 11.5. The number of carbonyl (C=O) groups is 2. The molecule has 0 amide bonds. The van der Waals surface area contributed by atoms with Crippen LogP contribution in [0.15, 0.2) is 23.0 Å². The molecule has 2 rings (SSSR count). The van der Waals surface area contributed by atoms with Gasteiger partial charge in [-0.3, -0.25) is 19.0 Å². The van der Waals surface area contributed by atoms with Crippen LogP contribution in [0.2, 0.25) is 5.02 Å². The van der Waals surface area contributed by atoms with E-state index in [0.717, 1.165) is 11.3 Å². The Morgan fingerprint density at radius 2 is 1.96 bits per heavy atom. The maximum Gasteiger partial charge on any atom is 0.323 e. The van der Waals surface area contributed by atoms with Gasteiger partial charge in [0.15, 0.2) is 0 Å². The number of nitrogens with zero attached hydrogens (tertiary/aromatic N) is 1. The summed E-state index contributed by atoms with van der Waals surface area (Å²) in [6.45, 7) is 3.19. The topological polar surface area (TPSA) is 123 Å². The van der Waals surface area contributed by atoms with E-state index in [9.17, 15) is 14.4 Å². The van der Waals surface area contributed by atoms with Crippen molar-refractivity contribution in [1.29, 1.82) is 0 Å². The van der Waals surface area contributed by atoms with Gasteiger partial charge in [0, 0.05) is 0 Å². The van der Waals surface area contributed by atoms with Crippen LogP contribution in [-0.2, 0) is 16.1 Å². The van der Waals surface area contributed by atoms with Crippen molar-refractivity contribution in [1.82, 2.24) is 4.57 Å². The molecule has 23 heavy (non-hydrogen) atoms. The third kappa shape index (κ3) is 5.05. The summed E-state index contributed by atoms with van der Waals surface area (Å²) in [5.41, 5.74) is 5.66. The lowest BCUT2D eigenvalue weighted by Gasteiger charge is -2.07. The van der Waals surface area contributed by atoms with E-state index in [0.29, 0.717) is 15.2 Å². The van der Waals surface area contributed by atoms with Crippen LogP contribution in [-0.4, -0.2) is 32.8 Å². The third-order valence-electron chi connectivity index (χ3n) is 2.93. The normalized spacial score (nSPS) is 11.9. The van der Waals surface area contributed by atoms with Gasteiger partial charge in [-0.15, -0.1) is 0 Å². The van der Waals surface area contributed by atoms with Gasteiger partial charge in [0.2, 0.25) is 0 Å². The second-order valence-electron chi connectivity index (χ2n) is 5.04. The highest BCUT2D eigenvalue weighted by Crippen LogP contribution is 2.24. The lowest BCUT2D eigenvalue weighted by atomic mass is 10.1. The van der Waals surface area contributed by atoms with Crippen molar-refractivity contribution < 1.29 is 19.8 Å². The molecule has 9 heteroatoms. The van der Waals surface area contributed by atoms with Gasteiger partial charge in [-0.2, -0.15) is 0 Å². The number of rotatable bonds is 4. The zero-order chi connectivity index (χ0) is 17.7. The zero-order valence-corrected chi connectivity index (χ0v) is 14.1. The summed E-state index contributed by atoms with van der Waals surface area (Å²) in [4.78, 5) is 31.8. The number of halogens is 1. The number of fused-ring (bicyclic) bond motifs is 1. The van der Waals surface area contributed by atoms with Crippen LogP contribution in [0, 0.1) is 5.92 Å². The first kappa shape index (κ1) is 19.1. The number of carboxylic acid groups (broad SMARTS) is 2. The number of para-hydroxylation sites is 1. The first-order chi connectivity index (χ1) is 10.6. The molecule has 0 saturated heterocycles. The van der Waals surface area contributed by atoms with Crippen LogP contribution in [0.5, 0.6) is 0 Å². The van der Waals surface area contributed by atoms with E-state index < -0.39 is 18.0 Å². The molecule has 0 bridgehead atoms. The highest BCUT2D eigenvalue weighted by atomic mass is 35.5. The summed E-state index contributed by atoms with van der Waals surface area (Å²) >= 11 is 6.91. The van der Waals surface area contributed by atoms with Crippen LogP contribution < -0.4 is 10.6 Å². The number of hydrogen-bond acceptors (Lipinski definition) is 5. The fraction of sp³-hybridized carbons (Fsp3) is 0.357. The number of aliphatic carboxylic acids is 2. The van der Waals surface area contributed by atoms with Crippen LogP contribution in [0.25, 0.3) is 10.2 Å². The summed E-state index contributed by atoms with van der Waals surface area (Å²) in [5.74, 6) is -1.97. The summed E-state index contributed by atoms with van der Waals surface area (Å²) in [7, 11) is 0. The predicted molar refractivity (Wildman–Crippen MR) is 89.2 cm³/mol. The van der Waals surface area contributed by atoms with Gasteiger partial charge in [0.25, 0.3) is 0 Å². The molecule has 126 valence electrons. The van der Waals surface area contributed by atoms with Gasteiger partial charge in [-0.1, -0.05) is 42.9 Å². The van der Waals surface area contributed by atoms with Crippen molar-refractivity contribution in [3.8, 4) is 0 Å². The highest BCUT2D eigenvalue weighted by molar-refractivity contribution is 7.16. The monoisotopic (exact) mass is 360 g/mol. The van der Waals surface area contributed by atoms with Gasteiger partial charge in [-0.25, -0.2) is 0 Å². The average molecular weight is 361 g/mol. The number of thiazole rings is 1. The molecule has 1 aromatic carbocycles. The van der Waals surface area contributed by atoms with Crippen LogP contribution in [0.4, 0.5) is 0 Å². The lowest BCUT2D eigenvalue weighted by Crippen LogP contribution is -2.34. The minimum Gasteiger partial charge on any atom is -0.480 e. The Labute approximate surface area is 140 Å². The molecule has 2 aromatic rings. The van der Waals surface area contributed by atoms with E-state index >= 15 is 0 Å². The Morgan fingerprint density at radius 1 is 1.35 bits per heavy atom. The summed E-state index contributed by atoms with van der Waals surface area (Å²) in [6.07, 6.45) is 0. The van der Waals surface area contributed by atoms with Crippen LogP contribution in [0.3, 0.4) is 0 Å². The Hall–Kier alpha value is -1.90. The fourth-order valence-electron chi connectivity index (χ4n) is 1.64. The SMILES string of the molecule is CC(C)[C@H](N)C(=O)O.O=C(O)Cn1c(=O)sc2cccc(Cl)c21. The smallest absolute Gasteiger partial charge is 0.323 e. The van der Waals surface area contributed by atoms with Gasteiger partial charge in [0.05, 0.1) is 15.2 Å². The van der Waals surface area contributed by atoms with E-state index in [-0.39, 0.29) is 17.3 Å².